The number of rotatable bonds is 5. The molecule has 10 heteroatoms. The summed E-state index contributed by atoms with van der Waals surface area (Å²) in [5.41, 5.74) is 3.40. The van der Waals surface area contributed by atoms with Gasteiger partial charge in [0, 0.05) is 45.2 Å². The lowest BCUT2D eigenvalue weighted by molar-refractivity contribution is -0.137. The molecule has 9 nitrogen and oxygen atoms in total. The summed E-state index contributed by atoms with van der Waals surface area (Å²) in [7, 11) is -3.77. The van der Waals surface area contributed by atoms with E-state index < -0.39 is 10.0 Å². The van der Waals surface area contributed by atoms with Crippen LogP contribution in [0.15, 0.2) is 29.2 Å². The van der Waals surface area contributed by atoms with E-state index in [1.54, 1.807) is 13.8 Å². The van der Waals surface area contributed by atoms with Gasteiger partial charge in [-0.05, 0) is 57.1 Å². The fraction of sp³-hybridized carbons (Fsp3) is 0.577. The van der Waals surface area contributed by atoms with Crippen LogP contribution in [0.2, 0.25) is 0 Å². The molecule has 5 rings (SSSR count). The maximum absolute atomic E-state index is 13.6. The number of benzene rings is 1. The quantitative estimate of drug-likeness (QED) is 0.610. The van der Waals surface area contributed by atoms with Gasteiger partial charge >= 0.3 is 0 Å². The number of amides is 2. The van der Waals surface area contributed by atoms with E-state index in [-0.39, 0.29) is 29.2 Å². The number of piperidine rings is 1. The molecule has 2 aromatic rings. The average molecular weight is 514 g/mol. The fourth-order valence-corrected chi connectivity index (χ4v) is 7.66. The second kappa shape index (κ2) is 9.97. The van der Waals surface area contributed by atoms with E-state index in [0.29, 0.717) is 50.4 Å². The number of aromatic nitrogens is 2. The highest BCUT2D eigenvalue weighted by atomic mass is 32.2. The van der Waals surface area contributed by atoms with Gasteiger partial charge in [0.05, 0.1) is 11.4 Å². The van der Waals surface area contributed by atoms with Gasteiger partial charge in [0.25, 0.3) is 0 Å². The molecule has 194 valence electrons. The average Bonchev–Trinajstić information content (AvgIpc) is 3.52. The van der Waals surface area contributed by atoms with Crippen LogP contribution >= 0.6 is 0 Å². The van der Waals surface area contributed by atoms with Gasteiger partial charge in [-0.15, -0.1) is 0 Å². The molecule has 2 fully saturated rings. The predicted molar refractivity (Wildman–Crippen MR) is 135 cm³/mol. The molecule has 2 amide bonds. The summed E-state index contributed by atoms with van der Waals surface area (Å²) in [5, 5.41) is 4.41. The molecule has 3 aliphatic heterocycles. The lowest BCUT2D eigenvalue weighted by atomic mass is 9.94. The van der Waals surface area contributed by atoms with Crippen LogP contribution < -0.4 is 0 Å². The Morgan fingerprint density at radius 3 is 2.31 bits per heavy atom. The minimum Gasteiger partial charge on any atom is -0.341 e. The van der Waals surface area contributed by atoms with Crippen molar-refractivity contribution in [3.63, 3.8) is 0 Å². The molecule has 2 saturated heterocycles. The lowest BCUT2D eigenvalue weighted by Gasteiger charge is -2.35. The molecule has 0 saturated carbocycles. The minimum absolute atomic E-state index is 0.0262. The van der Waals surface area contributed by atoms with Gasteiger partial charge < -0.3 is 9.80 Å². The Hall–Kier alpha value is -2.72. The van der Waals surface area contributed by atoms with Crippen LogP contribution in [0.4, 0.5) is 0 Å². The number of fused-ring (bicyclic) bond motifs is 1. The smallest absolute Gasteiger partial charge is 0.246 e. The molecule has 1 aromatic heterocycles. The van der Waals surface area contributed by atoms with Gasteiger partial charge in [-0.3, -0.25) is 14.3 Å². The van der Waals surface area contributed by atoms with Gasteiger partial charge in [-0.25, -0.2) is 8.42 Å². The summed E-state index contributed by atoms with van der Waals surface area (Å²) in [5.74, 6) is -0.0615. The molecule has 0 atom stereocenters. The Morgan fingerprint density at radius 2 is 1.61 bits per heavy atom. The monoisotopic (exact) mass is 513 g/mol. The van der Waals surface area contributed by atoms with Crippen molar-refractivity contribution in [3.8, 4) is 0 Å². The minimum atomic E-state index is -3.77. The van der Waals surface area contributed by atoms with Gasteiger partial charge in [0.1, 0.15) is 11.4 Å². The summed E-state index contributed by atoms with van der Waals surface area (Å²) < 4.78 is 30.2. The van der Waals surface area contributed by atoms with Gasteiger partial charge in [-0.1, -0.05) is 24.3 Å². The van der Waals surface area contributed by atoms with Crippen LogP contribution in [0.25, 0.3) is 0 Å². The van der Waals surface area contributed by atoms with Crippen molar-refractivity contribution in [1.29, 1.82) is 0 Å². The van der Waals surface area contributed by atoms with E-state index in [0.717, 1.165) is 32.4 Å². The highest BCUT2D eigenvalue weighted by Gasteiger charge is 2.37. The zero-order valence-electron chi connectivity index (χ0n) is 21.1. The molecule has 36 heavy (non-hydrogen) atoms. The summed E-state index contributed by atoms with van der Waals surface area (Å²) in [4.78, 5) is 29.8. The molecule has 1 aromatic carbocycles. The molecule has 0 radical (unpaired) electrons. The summed E-state index contributed by atoms with van der Waals surface area (Å²) >= 11 is 0. The first-order chi connectivity index (χ1) is 17.3. The van der Waals surface area contributed by atoms with Crippen LogP contribution in [0.5, 0.6) is 0 Å². The van der Waals surface area contributed by atoms with Crippen molar-refractivity contribution in [2.45, 2.75) is 63.9 Å². The Bertz CT molecular complexity index is 1260. The summed E-state index contributed by atoms with van der Waals surface area (Å²) in [6.07, 6.45) is 3.89. The number of sulfonamides is 1. The molecule has 3 aliphatic rings. The zero-order valence-corrected chi connectivity index (χ0v) is 22.0. The van der Waals surface area contributed by atoms with Crippen molar-refractivity contribution in [2.24, 2.45) is 5.92 Å². The Balaban J connectivity index is 1.23. The SMILES string of the molecule is Cc1nn(CC(=O)N2CCCC2)c(C)c1S(=O)(=O)N1CCC(C(=O)N2CCc3ccccc3C2)CC1. The van der Waals surface area contributed by atoms with Crippen LogP contribution in [-0.4, -0.2) is 76.8 Å². The number of hydrogen-bond donors (Lipinski definition) is 0. The third-order valence-electron chi connectivity index (χ3n) is 7.90. The first-order valence-corrected chi connectivity index (χ1v) is 14.4. The van der Waals surface area contributed by atoms with E-state index in [4.69, 9.17) is 0 Å². The highest BCUT2D eigenvalue weighted by molar-refractivity contribution is 7.89. The van der Waals surface area contributed by atoms with Crippen molar-refractivity contribution < 1.29 is 18.0 Å². The zero-order chi connectivity index (χ0) is 25.4. The number of carbonyl (C=O) groups is 2. The van der Waals surface area contributed by atoms with Crippen molar-refractivity contribution >= 4 is 21.8 Å². The second-order valence-electron chi connectivity index (χ2n) is 10.2. The number of hydrogen-bond acceptors (Lipinski definition) is 5. The number of nitrogens with zero attached hydrogens (tertiary/aromatic N) is 5. The maximum atomic E-state index is 13.6. The normalized spacial score (nSPS) is 19.5. The Morgan fingerprint density at radius 1 is 0.944 bits per heavy atom. The first-order valence-electron chi connectivity index (χ1n) is 12.9. The van der Waals surface area contributed by atoms with E-state index in [9.17, 15) is 18.0 Å². The van der Waals surface area contributed by atoms with Crippen LogP contribution in [-0.2, 0) is 39.1 Å². The van der Waals surface area contributed by atoms with Crippen molar-refractivity contribution in [2.75, 3.05) is 32.7 Å². The molecule has 0 bridgehead atoms. The van der Waals surface area contributed by atoms with Crippen molar-refractivity contribution in [1.82, 2.24) is 23.9 Å². The van der Waals surface area contributed by atoms with Gasteiger partial charge in [0.15, 0.2) is 0 Å². The maximum Gasteiger partial charge on any atom is 0.246 e. The number of carbonyl (C=O) groups excluding carboxylic acids is 2. The van der Waals surface area contributed by atoms with Gasteiger partial charge in [-0.2, -0.15) is 9.40 Å². The molecule has 0 unspecified atom stereocenters. The van der Waals surface area contributed by atoms with E-state index in [1.807, 2.05) is 21.9 Å². The largest absolute Gasteiger partial charge is 0.341 e. The van der Waals surface area contributed by atoms with Crippen LogP contribution in [0, 0.1) is 19.8 Å². The predicted octanol–water partition coefficient (Wildman–Crippen LogP) is 2.11. The standard InChI is InChI=1S/C26H35N5O4S/c1-19-25(20(2)31(27-19)18-24(32)28-12-5-6-13-28)36(34,35)30-15-10-22(11-16-30)26(33)29-14-9-21-7-3-4-8-23(21)17-29/h3-4,7-8,22H,5-6,9-18H2,1-2H3. The fourth-order valence-electron chi connectivity index (χ4n) is 5.82. The van der Waals surface area contributed by atoms with Crippen molar-refractivity contribution in [3.05, 3.63) is 46.8 Å². The molecule has 0 spiro atoms. The van der Waals surface area contributed by atoms with E-state index in [1.165, 1.54) is 20.1 Å². The summed E-state index contributed by atoms with van der Waals surface area (Å²) in [6.45, 7) is 6.90. The number of aryl methyl sites for hydroxylation is 1. The molecule has 4 heterocycles. The Kier molecular flexibility index (Phi) is 6.91. The van der Waals surface area contributed by atoms with E-state index in [2.05, 4.69) is 17.2 Å². The van der Waals surface area contributed by atoms with Crippen LogP contribution in [0.1, 0.15) is 48.2 Å². The highest BCUT2D eigenvalue weighted by Crippen LogP contribution is 2.30. The molecular formula is C26H35N5O4S. The molecule has 0 aliphatic carbocycles. The molecule has 0 N–H and O–H groups in total. The first kappa shape index (κ1) is 25.0. The Labute approximate surface area is 213 Å². The third kappa shape index (κ3) is 4.68. The third-order valence-corrected chi connectivity index (χ3v) is 10.1. The topological polar surface area (TPSA) is 95.8 Å². The second-order valence-corrected chi connectivity index (χ2v) is 12.1. The van der Waals surface area contributed by atoms with Gasteiger partial charge in [0.2, 0.25) is 21.8 Å². The number of likely N-dealkylation sites (tertiary alicyclic amines) is 1. The van der Waals surface area contributed by atoms with Crippen LogP contribution in [0.3, 0.4) is 0 Å². The van der Waals surface area contributed by atoms with E-state index >= 15 is 0 Å². The molecular weight excluding hydrogens is 478 g/mol. The summed E-state index contributed by atoms with van der Waals surface area (Å²) in [6, 6.07) is 8.23. The lowest BCUT2D eigenvalue weighted by Crippen LogP contribution is -2.45.